The van der Waals surface area contributed by atoms with Gasteiger partial charge in [-0.25, -0.2) is 0 Å². The second-order valence-corrected chi connectivity index (χ2v) is 6.63. The first kappa shape index (κ1) is 15.1. The maximum atomic E-state index is 2.38. The van der Waals surface area contributed by atoms with E-state index in [1.807, 2.05) is 0 Å². The lowest BCUT2D eigenvalue weighted by Gasteiger charge is -2.24. The summed E-state index contributed by atoms with van der Waals surface area (Å²) in [5.74, 6) is 3.06. The summed E-state index contributed by atoms with van der Waals surface area (Å²) in [6.07, 6.45) is 16.4. The summed E-state index contributed by atoms with van der Waals surface area (Å²) < 4.78 is 0. The number of rotatable bonds is 9. The Labute approximate surface area is 110 Å². The molecule has 0 radical (unpaired) electrons. The van der Waals surface area contributed by atoms with Crippen molar-refractivity contribution in [2.45, 2.75) is 91.4 Å². The third-order valence-corrected chi connectivity index (χ3v) is 4.61. The molecule has 102 valence electrons. The molecular formula is C17H34. The van der Waals surface area contributed by atoms with Crippen LogP contribution in [0.25, 0.3) is 0 Å². The monoisotopic (exact) mass is 238 g/mol. The van der Waals surface area contributed by atoms with Gasteiger partial charge in [-0.2, -0.15) is 0 Å². The van der Waals surface area contributed by atoms with Crippen LogP contribution < -0.4 is 0 Å². The fraction of sp³-hybridized carbons (Fsp3) is 1.00. The van der Waals surface area contributed by atoms with Crippen molar-refractivity contribution in [2.24, 2.45) is 17.8 Å². The van der Waals surface area contributed by atoms with Crippen molar-refractivity contribution in [1.82, 2.24) is 0 Å². The fourth-order valence-corrected chi connectivity index (χ4v) is 3.43. The summed E-state index contributed by atoms with van der Waals surface area (Å²) in [5.41, 5.74) is 0. The Kier molecular flexibility index (Phi) is 7.97. The van der Waals surface area contributed by atoms with Gasteiger partial charge in [-0.05, 0) is 24.2 Å². The fourth-order valence-electron chi connectivity index (χ4n) is 3.43. The van der Waals surface area contributed by atoms with Crippen LogP contribution in [0.1, 0.15) is 91.4 Å². The van der Waals surface area contributed by atoms with E-state index in [1.54, 1.807) is 0 Å². The molecule has 1 aliphatic carbocycles. The maximum Gasteiger partial charge on any atom is -0.0386 e. The highest BCUT2D eigenvalue weighted by Gasteiger charge is 2.24. The van der Waals surface area contributed by atoms with E-state index in [0.29, 0.717) is 0 Å². The van der Waals surface area contributed by atoms with E-state index in [0.717, 1.165) is 17.8 Å². The molecule has 1 aliphatic rings. The Morgan fingerprint density at radius 3 is 2.18 bits per heavy atom. The van der Waals surface area contributed by atoms with E-state index in [-0.39, 0.29) is 0 Å². The summed E-state index contributed by atoms with van der Waals surface area (Å²) in [6, 6.07) is 0. The topological polar surface area (TPSA) is 0 Å². The first-order chi connectivity index (χ1) is 8.24. The Hall–Kier alpha value is 0. The summed E-state index contributed by atoms with van der Waals surface area (Å²) in [4.78, 5) is 0. The Balaban J connectivity index is 2.24. The van der Waals surface area contributed by atoms with Gasteiger partial charge >= 0.3 is 0 Å². The van der Waals surface area contributed by atoms with Crippen molar-refractivity contribution in [3.8, 4) is 0 Å². The van der Waals surface area contributed by atoms with Crippen molar-refractivity contribution in [3.63, 3.8) is 0 Å². The summed E-state index contributed by atoms with van der Waals surface area (Å²) >= 11 is 0. The van der Waals surface area contributed by atoms with Crippen LogP contribution in [0.5, 0.6) is 0 Å². The second-order valence-electron chi connectivity index (χ2n) is 6.63. The molecule has 0 N–H and O–H groups in total. The molecule has 1 unspecified atom stereocenters. The number of hydrogen-bond acceptors (Lipinski definition) is 0. The minimum atomic E-state index is 0.898. The molecule has 1 fully saturated rings. The summed E-state index contributed by atoms with van der Waals surface area (Å²) in [5, 5.41) is 0. The molecule has 0 heteroatoms. The summed E-state index contributed by atoms with van der Waals surface area (Å²) in [7, 11) is 0. The molecule has 0 saturated heterocycles. The van der Waals surface area contributed by atoms with Crippen molar-refractivity contribution >= 4 is 0 Å². The first-order valence-electron chi connectivity index (χ1n) is 8.24. The van der Waals surface area contributed by atoms with E-state index >= 15 is 0 Å². The minimum Gasteiger partial charge on any atom is -0.0654 e. The van der Waals surface area contributed by atoms with Crippen LogP contribution in [0.2, 0.25) is 0 Å². The van der Waals surface area contributed by atoms with Gasteiger partial charge in [-0.3, -0.25) is 0 Å². The van der Waals surface area contributed by atoms with Gasteiger partial charge in [0.15, 0.2) is 0 Å². The zero-order chi connectivity index (χ0) is 12.5. The normalized spacial score (nSPS) is 19.1. The molecule has 1 rings (SSSR count). The SMILES string of the molecule is CCCCCCC(CCC(C)C)C1CCCC1. The van der Waals surface area contributed by atoms with Gasteiger partial charge in [0.25, 0.3) is 0 Å². The first-order valence-corrected chi connectivity index (χ1v) is 8.24. The lowest BCUT2D eigenvalue weighted by atomic mass is 9.82. The average molecular weight is 238 g/mol. The molecule has 0 heterocycles. The third kappa shape index (κ3) is 6.48. The largest absolute Gasteiger partial charge is 0.0654 e. The van der Waals surface area contributed by atoms with E-state index in [9.17, 15) is 0 Å². The molecule has 0 spiro atoms. The van der Waals surface area contributed by atoms with Crippen LogP contribution in [-0.4, -0.2) is 0 Å². The smallest absolute Gasteiger partial charge is 0.0386 e. The molecule has 0 nitrogen and oxygen atoms in total. The van der Waals surface area contributed by atoms with E-state index < -0.39 is 0 Å². The zero-order valence-corrected chi connectivity index (χ0v) is 12.5. The van der Waals surface area contributed by atoms with Gasteiger partial charge in [0, 0.05) is 0 Å². The van der Waals surface area contributed by atoms with Crippen molar-refractivity contribution in [3.05, 3.63) is 0 Å². The average Bonchev–Trinajstić information content (AvgIpc) is 2.81. The van der Waals surface area contributed by atoms with Gasteiger partial charge in [-0.15, -0.1) is 0 Å². The van der Waals surface area contributed by atoms with Crippen LogP contribution in [0.4, 0.5) is 0 Å². The van der Waals surface area contributed by atoms with Crippen molar-refractivity contribution < 1.29 is 0 Å². The molecule has 17 heavy (non-hydrogen) atoms. The predicted molar refractivity (Wildman–Crippen MR) is 78.3 cm³/mol. The van der Waals surface area contributed by atoms with Crippen molar-refractivity contribution in [2.75, 3.05) is 0 Å². The molecule has 0 bridgehead atoms. The van der Waals surface area contributed by atoms with Gasteiger partial charge in [0.1, 0.15) is 0 Å². The molecule has 0 aliphatic heterocycles. The Bertz CT molecular complexity index is 165. The second kappa shape index (κ2) is 9.00. The Morgan fingerprint density at radius 2 is 1.59 bits per heavy atom. The molecule has 0 aromatic carbocycles. The molecular weight excluding hydrogens is 204 g/mol. The number of unbranched alkanes of at least 4 members (excludes halogenated alkanes) is 3. The maximum absolute atomic E-state index is 2.38. The minimum absolute atomic E-state index is 0.898. The zero-order valence-electron chi connectivity index (χ0n) is 12.5. The molecule has 0 aromatic rings. The number of hydrogen-bond donors (Lipinski definition) is 0. The van der Waals surface area contributed by atoms with E-state index in [4.69, 9.17) is 0 Å². The van der Waals surface area contributed by atoms with Crippen LogP contribution in [-0.2, 0) is 0 Å². The van der Waals surface area contributed by atoms with Crippen LogP contribution in [0.3, 0.4) is 0 Å². The van der Waals surface area contributed by atoms with Crippen LogP contribution in [0.15, 0.2) is 0 Å². The standard InChI is InChI=1S/C17H34/c1-4-5-6-7-10-17(14-13-15(2)3)16-11-8-9-12-16/h15-17H,4-14H2,1-3H3. The van der Waals surface area contributed by atoms with Gasteiger partial charge in [0.2, 0.25) is 0 Å². The van der Waals surface area contributed by atoms with Gasteiger partial charge < -0.3 is 0 Å². The van der Waals surface area contributed by atoms with E-state index in [2.05, 4.69) is 20.8 Å². The quantitative estimate of drug-likeness (QED) is 0.419. The lowest BCUT2D eigenvalue weighted by Crippen LogP contribution is -2.13. The van der Waals surface area contributed by atoms with Crippen LogP contribution in [0, 0.1) is 17.8 Å². The highest BCUT2D eigenvalue weighted by Crippen LogP contribution is 2.37. The highest BCUT2D eigenvalue weighted by atomic mass is 14.3. The predicted octanol–water partition coefficient (Wildman–Crippen LogP) is 6.20. The van der Waals surface area contributed by atoms with Gasteiger partial charge in [0.05, 0.1) is 0 Å². The van der Waals surface area contributed by atoms with E-state index in [1.165, 1.54) is 70.6 Å². The molecule has 0 amide bonds. The lowest BCUT2D eigenvalue weighted by molar-refractivity contribution is 0.273. The van der Waals surface area contributed by atoms with Crippen molar-refractivity contribution in [1.29, 1.82) is 0 Å². The molecule has 1 saturated carbocycles. The highest BCUT2D eigenvalue weighted by molar-refractivity contribution is 4.76. The summed E-state index contributed by atoms with van der Waals surface area (Å²) in [6.45, 7) is 7.07. The third-order valence-electron chi connectivity index (χ3n) is 4.61. The van der Waals surface area contributed by atoms with Crippen LogP contribution >= 0.6 is 0 Å². The Morgan fingerprint density at radius 1 is 0.882 bits per heavy atom. The molecule has 1 atom stereocenters. The van der Waals surface area contributed by atoms with Gasteiger partial charge in [-0.1, -0.05) is 85.0 Å². The molecule has 0 aromatic heterocycles.